The van der Waals surface area contributed by atoms with E-state index in [0.29, 0.717) is 12.0 Å². The fraction of sp³-hybridized carbons (Fsp3) is 0.741. The summed E-state index contributed by atoms with van der Waals surface area (Å²) in [5.74, 6) is -0.451. The van der Waals surface area contributed by atoms with Crippen LogP contribution in [0.4, 0.5) is 13.2 Å². The lowest BCUT2D eigenvalue weighted by Crippen LogP contribution is -2.17. The van der Waals surface area contributed by atoms with E-state index in [-0.39, 0.29) is 31.3 Å². The fourth-order valence-electron chi connectivity index (χ4n) is 4.03. The summed E-state index contributed by atoms with van der Waals surface area (Å²) in [4.78, 5) is 0. The third-order valence-corrected chi connectivity index (χ3v) is 5.97. The van der Waals surface area contributed by atoms with Crippen molar-refractivity contribution in [1.29, 1.82) is 5.26 Å². The van der Waals surface area contributed by atoms with Crippen LogP contribution in [0.2, 0.25) is 0 Å². The number of benzene rings is 1. The molecule has 0 saturated heterocycles. The summed E-state index contributed by atoms with van der Waals surface area (Å²) in [5, 5.41) is 18.4. The molecule has 0 aliphatic carbocycles. The minimum Gasteiger partial charge on any atom is -0.394 e. The van der Waals surface area contributed by atoms with Crippen molar-refractivity contribution in [3.05, 3.63) is 35.1 Å². The second-order valence-corrected chi connectivity index (χ2v) is 8.99. The summed E-state index contributed by atoms with van der Waals surface area (Å²) in [5.41, 5.74) is 0.879. The van der Waals surface area contributed by atoms with Gasteiger partial charge in [-0.2, -0.15) is 5.26 Å². The maximum absolute atomic E-state index is 13.5. The van der Waals surface area contributed by atoms with Crippen molar-refractivity contribution in [3.63, 3.8) is 0 Å². The van der Waals surface area contributed by atoms with Crippen molar-refractivity contribution >= 4 is 0 Å². The molecule has 0 radical (unpaired) electrons. The van der Waals surface area contributed by atoms with Gasteiger partial charge in [-0.05, 0) is 36.6 Å². The number of hydrogen-bond donors (Lipinski definition) is 1. The van der Waals surface area contributed by atoms with Crippen LogP contribution in [0.3, 0.4) is 0 Å². The lowest BCUT2D eigenvalue weighted by molar-refractivity contribution is -0.00357. The number of alkyl halides is 2. The van der Waals surface area contributed by atoms with Gasteiger partial charge in [0.1, 0.15) is 5.82 Å². The average molecular weight is 470 g/mol. The molecule has 0 fully saturated rings. The Labute approximate surface area is 198 Å². The van der Waals surface area contributed by atoms with Crippen LogP contribution in [0.1, 0.15) is 114 Å². The Morgan fingerprint density at radius 3 is 1.70 bits per heavy atom. The van der Waals surface area contributed by atoms with Crippen molar-refractivity contribution in [3.8, 4) is 6.07 Å². The first-order valence-electron chi connectivity index (χ1n) is 12.7. The Bertz CT molecular complexity index is 649. The highest BCUT2D eigenvalue weighted by atomic mass is 19.3. The third-order valence-electron chi connectivity index (χ3n) is 5.97. The summed E-state index contributed by atoms with van der Waals surface area (Å²) in [6, 6.07) is 6.09. The molecule has 0 aliphatic heterocycles. The SMILES string of the molecule is N#Cc1cc(F)cc(CO[C@@H](CO)CCCCCCCCCCCCCCCCC(F)F)c1. The van der Waals surface area contributed by atoms with Gasteiger partial charge in [0.15, 0.2) is 0 Å². The Kier molecular flexibility index (Phi) is 17.7. The predicted octanol–water partition coefficient (Wildman–Crippen LogP) is 8.08. The van der Waals surface area contributed by atoms with Gasteiger partial charge in [0.05, 0.1) is 31.0 Å². The highest BCUT2D eigenvalue weighted by Gasteiger charge is 2.09. The standard InChI is InChI=1S/C27H42F3NO2/c28-25-18-23(20-31)17-24(19-25)22-33-26(21-32)15-13-11-9-7-5-3-1-2-4-6-8-10-12-14-16-27(29)30/h17-19,26-27,32H,1-16,21-22H2/t26-/m1/s1. The van der Waals surface area contributed by atoms with Crippen LogP contribution in [0.5, 0.6) is 0 Å². The highest BCUT2D eigenvalue weighted by Crippen LogP contribution is 2.16. The molecular formula is C27H42F3NO2. The molecule has 0 spiro atoms. The number of unbranched alkanes of at least 4 members (excludes halogenated alkanes) is 13. The molecule has 0 saturated carbocycles. The first kappa shape index (κ1) is 29.5. The second-order valence-electron chi connectivity index (χ2n) is 8.99. The van der Waals surface area contributed by atoms with E-state index in [4.69, 9.17) is 10.00 Å². The number of hydrogen-bond acceptors (Lipinski definition) is 3. The lowest BCUT2D eigenvalue weighted by Gasteiger charge is -2.15. The van der Waals surface area contributed by atoms with E-state index in [9.17, 15) is 18.3 Å². The molecule has 0 aliphatic rings. The van der Waals surface area contributed by atoms with Crippen LogP contribution in [0, 0.1) is 17.1 Å². The van der Waals surface area contributed by atoms with Gasteiger partial charge in [-0.1, -0.05) is 83.5 Å². The normalized spacial score (nSPS) is 12.2. The number of nitrogens with zero attached hydrogens (tertiary/aromatic N) is 1. The van der Waals surface area contributed by atoms with Gasteiger partial charge < -0.3 is 9.84 Å². The molecule has 1 aromatic rings. The van der Waals surface area contributed by atoms with E-state index < -0.39 is 12.2 Å². The molecule has 6 heteroatoms. The number of aliphatic hydroxyl groups is 1. The molecular weight excluding hydrogens is 427 g/mol. The molecule has 3 nitrogen and oxygen atoms in total. The topological polar surface area (TPSA) is 53.2 Å². The molecule has 0 aromatic heterocycles. The van der Waals surface area contributed by atoms with Crippen molar-refractivity contribution in [2.75, 3.05) is 6.61 Å². The zero-order valence-corrected chi connectivity index (χ0v) is 20.1. The fourth-order valence-corrected chi connectivity index (χ4v) is 4.03. The summed E-state index contributed by atoms with van der Waals surface area (Å²) >= 11 is 0. The largest absolute Gasteiger partial charge is 0.394 e. The summed E-state index contributed by atoms with van der Waals surface area (Å²) < 4.78 is 43.2. The van der Waals surface area contributed by atoms with Gasteiger partial charge >= 0.3 is 0 Å². The minimum absolute atomic E-state index is 0.0529. The van der Waals surface area contributed by atoms with Crippen LogP contribution in [-0.4, -0.2) is 24.2 Å². The highest BCUT2D eigenvalue weighted by molar-refractivity contribution is 5.33. The first-order chi connectivity index (χ1) is 16.0. The molecule has 1 aromatic carbocycles. The zero-order valence-electron chi connectivity index (χ0n) is 20.1. The average Bonchev–Trinajstić information content (AvgIpc) is 2.80. The maximum Gasteiger partial charge on any atom is 0.238 e. The molecule has 1 atom stereocenters. The van der Waals surface area contributed by atoms with Crippen molar-refractivity contribution in [2.45, 2.75) is 122 Å². The van der Waals surface area contributed by atoms with Gasteiger partial charge in [-0.15, -0.1) is 0 Å². The van der Waals surface area contributed by atoms with E-state index in [1.54, 1.807) is 6.07 Å². The second kappa shape index (κ2) is 19.9. The van der Waals surface area contributed by atoms with E-state index in [0.717, 1.165) is 32.1 Å². The Morgan fingerprint density at radius 1 is 0.758 bits per heavy atom. The number of aliphatic hydroxyl groups excluding tert-OH is 1. The van der Waals surface area contributed by atoms with E-state index in [1.807, 2.05) is 6.07 Å². The molecule has 0 amide bonds. The van der Waals surface area contributed by atoms with Gasteiger partial charge in [0.25, 0.3) is 0 Å². The maximum atomic E-state index is 13.5. The first-order valence-corrected chi connectivity index (χ1v) is 12.7. The van der Waals surface area contributed by atoms with E-state index in [2.05, 4.69) is 0 Å². The smallest absolute Gasteiger partial charge is 0.238 e. The molecule has 0 heterocycles. The molecule has 1 N–H and O–H groups in total. The van der Waals surface area contributed by atoms with Gasteiger partial charge in [-0.3, -0.25) is 0 Å². The number of rotatable bonds is 21. The minimum atomic E-state index is -2.14. The Morgan fingerprint density at radius 2 is 1.24 bits per heavy atom. The molecule has 1 rings (SSSR count). The van der Waals surface area contributed by atoms with Crippen LogP contribution in [0.15, 0.2) is 18.2 Å². The Balaban J connectivity index is 1.92. The molecule has 188 valence electrons. The molecule has 0 bridgehead atoms. The number of nitriles is 1. The van der Waals surface area contributed by atoms with Crippen LogP contribution in [-0.2, 0) is 11.3 Å². The number of halogens is 3. The van der Waals surface area contributed by atoms with Gasteiger partial charge in [-0.25, -0.2) is 13.2 Å². The Hall–Kier alpha value is -1.58. The lowest BCUT2D eigenvalue weighted by atomic mass is 10.0. The van der Waals surface area contributed by atoms with Crippen LogP contribution in [0.25, 0.3) is 0 Å². The summed E-state index contributed by atoms with van der Waals surface area (Å²) in [6.07, 6.45) is 14.4. The van der Waals surface area contributed by atoms with Crippen molar-refractivity contribution in [1.82, 2.24) is 0 Å². The summed E-state index contributed by atoms with van der Waals surface area (Å²) in [6.45, 7) is 0.131. The van der Waals surface area contributed by atoms with E-state index >= 15 is 0 Å². The monoisotopic (exact) mass is 469 g/mol. The van der Waals surface area contributed by atoms with Gasteiger partial charge in [0, 0.05) is 6.42 Å². The van der Waals surface area contributed by atoms with Crippen LogP contribution >= 0.6 is 0 Å². The van der Waals surface area contributed by atoms with Crippen molar-refractivity contribution < 1.29 is 23.0 Å². The predicted molar refractivity (Wildman–Crippen MR) is 127 cm³/mol. The third kappa shape index (κ3) is 16.6. The van der Waals surface area contributed by atoms with Crippen molar-refractivity contribution in [2.24, 2.45) is 0 Å². The van der Waals surface area contributed by atoms with Gasteiger partial charge in [0.2, 0.25) is 6.43 Å². The number of ether oxygens (including phenoxy) is 1. The van der Waals surface area contributed by atoms with E-state index in [1.165, 1.54) is 69.9 Å². The molecule has 0 unspecified atom stereocenters. The quantitative estimate of drug-likeness (QED) is 0.185. The summed E-state index contributed by atoms with van der Waals surface area (Å²) in [7, 11) is 0. The van der Waals surface area contributed by atoms with Crippen LogP contribution < -0.4 is 0 Å². The molecule has 33 heavy (non-hydrogen) atoms. The zero-order chi connectivity index (χ0) is 24.2.